The topological polar surface area (TPSA) is 96.4 Å². The van der Waals surface area contributed by atoms with Gasteiger partial charge in [-0.25, -0.2) is 4.79 Å². The molecule has 4 saturated carbocycles. The summed E-state index contributed by atoms with van der Waals surface area (Å²) >= 11 is 1.70. The molecular formula is C30H44O6S. The number of carbonyl (C=O) groups excluding carboxylic acids is 2. The Balaban J connectivity index is 1.25. The van der Waals surface area contributed by atoms with Crippen molar-refractivity contribution in [2.45, 2.75) is 109 Å². The predicted octanol–water partition coefficient (Wildman–Crippen LogP) is 4.31. The fourth-order valence-electron chi connectivity index (χ4n) is 10.4. The number of epoxide rings is 1. The van der Waals surface area contributed by atoms with E-state index in [4.69, 9.17) is 9.47 Å². The SMILES string of the molecule is CCS[C@H]1CC(=O)[C@]2(C)C3CC[C@@]4(C)C(CCC4[C@H](C)C4CC(C)=C(CO)C(=O)O4)C3C[C@H]3O[C@]32[C@H]1O. The molecule has 7 heteroatoms. The van der Waals surface area contributed by atoms with Crippen molar-refractivity contribution in [3.63, 3.8) is 0 Å². The molecule has 5 fully saturated rings. The largest absolute Gasteiger partial charge is 0.458 e. The van der Waals surface area contributed by atoms with E-state index < -0.39 is 17.1 Å². The second-order valence-corrected chi connectivity index (χ2v) is 14.9. The average Bonchev–Trinajstić information content (AvgIpc) is 3.49. The van der Waals surface area contributed by atoms with Crippen molar-refractivity contribution in [3.05, 3.63) is 11.1 Å². The number of aliphatic hydroxyl groups is 2. The Hall–Kier alpha value is -0.890. The van der Waals surface area contributed by atoms with Crippen molar-refractivity contribution in [3.8, 4) is 0 Å². The van der Waals surface area contributed by atoms with E-state index in [1.807, 2.05) is 6.92 Å². The van der Waals surface area contributed by atoms with Crippen LogP contribution in [0.15, 0.2) is 11.1 Å². The number of Topliss-reactive ketones (excluding diaryl/α,β-unsaturated/α-hetero) is 1. The maximum atomic E-state index is 13.9. The molecule has 37 heavy (non-hydrogen) atoms. The molecule has 206 valence electrons. The van der Waals surface area contributed by atoms with Gasteiger partial charge in [0.25, 0.3) is 0 Å². The Morgan fingerprint density at radius 2 is 1.89 bits per heavy atom. The normalized spacial score (nSPS) is 51.5. The van der Waals surface area contributed by atoms with Gasteiger partial charge >= 0.3 is 5.97 Å². The van der Waals surface area contributed by atoms with Gasteiger partial charge in [0.15, 0.2) is 0 Å². The summed E-state index contributed by atoms with van der Waals surface area (Å²) in [5, 5.41) is 21.0. The van der Waals surface area contributed by atoms with Crippen molar-refractivity contribution in [2.24, 2.45) is 40.4 Å². The van der Waals surface area contributed by atoms with Crippen molar-refractivity contribution >= 4 is 23.5 Å². The molecule has 6 aliphatic rings. The van der Waals surface area contributed by atoms with Crippen LogP contribution in [0.4, 0.5) is 0 Å². The van der Waals surface area contributed by atoms with E-state index >= 15 is 0 Å². The van der Waals surface area contributed by atoms with Gasteiger partial charge in [-0.2, -0.15) is 11.8 Å². The van der Waals surface area contributed by atoms with E-state index in [-0.39, 0.29) is 47.3 Å². The highest BCUT2D eigenvalue weighted by atomic mass is 32.2. The predicted molar refractivity (Wildman–Crippen MR) is 142 cm³/mol. The fourth-order valence-corrected chi connectivity index (χ4v) is 11.5. The van der Waals surface area contributed by atoms with E-state index in [0.717, 1.165) is 43.4 Å². The third-order valence-corrected chi connectivity index (χ3v) is 13.5. The number of ether oxygens (including phenoxy) is 2. The second kappa shape index (κ2) is 8.81. The molecule has 0 amide bonds. The van der Waals surface area contributed by atoms with Gasteiger partial charge in [-0.15, -0.1) is 0 Å². The van der Waals surface area contributed by atoms with Crippen LogP contribution in [0.1, 0.15) is 79.6 Å². The van der Waals surface area contributed by atoms with Gasteiger partial charge in [0, 0.05) is 18.1 Å². The molecule has 0 aromatic carbocycles. The first-order valence-electron chi connectivity index (χ1n) is 14.6. The number of aliphatic hydroxyl groups excluding tert-OH is 2. The lowest BCUT2D eigenvalue weighted by molar-refractivity contribution is -0.165. The third kappa shape index (κ3) is 3.35. The van der Waals surface area contributed by atoms with Crippen LogP contribution < -0.4 is 0 Å². The molecular weight excluding hydrogens is 488 g/mol. The van der Waals surface area contributed by atoms with Gasteiger partial charge in [0.2, 0.25) is 0 Å². The Labute approximate surface area is 225 Å². The summed E-state index contributed by atoms with van der Waals surface area (Å²) in [7, 11) is 0. The second-order valence-electron chi connectivity index (χ2n) is 13.4. The molecule has 0 aromatic heterocycles. The molecule has 0 aromatic rings. The Morgan fingerprint density at radius 1 is 1.14 bits per heavy atom. The lowest BCUT2D eigenvalue weighted by atomic mass is 9.43. The maximum Gasteiger partial charge on any atom is 0.336 e. The van der Waals surface area contributed by atoms with E-state index in [0.29, 0.717) is 42.0 Å². The molecule has 6 nitrogen and oxygen atoms in total. The van der Waals surface area contributed by atoms with Gasteiger partial charge in [0.1, 0.15) is 17.5 Å². The number of hydrogen-bond donors (Lipinski definition) is 2. The van der Waals surface area contributed by atoms with Crippen LogP contribution in [0.3, 0.4) is 0 Å². The molecule has 2 heterocycles. The monoisotopic (exact) mass is 532 g/mol. The summed E-state index contributed by atoms with van der Waals surface area (Å²) in [5.41, 5.74) is 0.235. The first-order valence-corrected chi connectivity index (χ1v) is 15.6. The number of rotatable bonds is 5. The number of esters is 1. The summed E-state index contributed by atoms with van der Waals surface area (Å²) in [6.45, 7) is 10.6. The van der Waals surface area contributed by atoms with Crippen LogP contribution in [0, 0.1) is 40.4 Å². The van der Waals surface area contributed by atoms with Crippen LogP contribution in [0.5, 0.6) is 0 Å². The number of cyclic esters (lactones) is 1. The molecule has 2 aliphatic heterocycles. The van der Waals surface area contributed by atoms with Gasteiger partial charge < -0.3 is 19.7 Å². The number of thioether (sulfide) groups is 1. The van der Waals surface area contributed by atoms with Crippen molar-refractivity contribution in [1.29, 1.82) is 0 Å². The fraction of sp³-hybridized carbons (Fsp3) is 0.867. The van der Waals surface area contributed by atoms with Crippen molar-refractivity contribution in [1.82, 2.24) is 0 Å². The summed E-state index contributed by atoms with van der Waals surface area (Å²) < 4.78 is 12.3. The minimum absolute atomic E-state index is 0.0132. The highest BCUT2D eigenvalue weighted by Gasteiger charge is 2.82. The van der Waals surface area contributed by atoms with Crippen LogP contribution in [0.2, 0.25) is 0 Å². The lowest BCUT2D eigenvalue weighted by Gasteiger charge is -2.59. The minimum atomic E-state index is -0.681. The highest BCUT2D eigenvalue weighted by molar-refractivity contribution is 7.99. The Bertz CT molecular complexity index is 1030. The van der Waals surface area contributed by atoms with E-state index in [2.05, 4.69) is 27.7 Å². The van der Waals surface area contributed by atoms with Gasteiger partial charge in [-0.05, 0) is 86.7 Å². The minimum Gasteiger partial charge on any atom is -0.458 e. The number of carbonyl (C=O) groups is 2. The third-order valence-electron chi connectivity index (χ3n) is 12.4. The summed E-state index contributed by atoms with van der Waals surface area (Å²) in [6, 6.07) is 0. The zero-order valence-corrected chi connectivity index (χ0v) is 23.8. The van der Waals surface area contributed by atoms with Crippen LogP contribution >= 0.6 is 11.8 Å². The highest BCUT2D eigenvalue weighted by Crippen LogP contribution is 2.74. The molecule has 6 rings (SSSR count). The molecule has 12 atom stereocenters. The maximum absolute atomic E-state index is 13.9. The van der Waals surface area contributed by atoms with Crippen molar-refractivity contribution in [2.75, 3.05) is 12.4 Å². The van der Waals surface area contributed by atoms with E-state index in [1.165, 1.54) is 0 Å². The quantitative estimate of drug-likeness (QED) is 0.402. The van der Waals surface area contributed by atoms with Gasteiger partial charge in [0.05, 0.1) is 29.8 Å². The smallest absolute Gasteiger partial charge is 0.336 e. The zero-order chi connectivity index (χ0) is 26.5. The number of fused-ring (bicyclic) bond motifs is 4. The Kier molecular flexibility index (Phi) is 6.27. The number of ketones is 1. The van der Waals surface area contributed by atoms with Gasteiger partial charge in [-0.1, -0.05) is 26.3 Å². The lowest BCUT2D eigenvalue weighted by Crippen LogP contribution is -2.67. The first kappa shape index (κ1) is 26.3. The average molecular weight is 533 g/mol. The molecule has 0 bridgehead atoms. The molecule has 1 saturated heterocycles. The summed E-state index contributed by atoms with van der Waals surface area (Å²) in [5.74, 6) is 2.76. The summed E-state index contributed by atoms with van der Waals surface area (Å²) in [4.78, 5) is 26.4. The van der Waals surface area contributed by atoms with Crippen molar-refractivity contribution < 1.29 is 29.3 Å². The summed E-state index contributed by atoms with van der Waals surface area (Å²) in [6.07, 6.45) is 5.70. The molecule has 5 unspecified atom stereocenters. The molecule has 4 aliphatic carbocycles. The zero-order valence-electron chi connectivity index (χ0n) is 23.0. The van der Waals surface area contributed by atoms with Crippen LogP contribution in [-0.4, -0.2) is 63.5 Å². The van der Waals surface area contributed by atoms with Crippen LogP contribution in [0.25, 0.3) is 0 Å². The van der Waals surface area contributed by atoms with E-state index in [9.17, 15) is 19.8 Å². The Morgan fingerprint density at radius 3 is 2.57 bits per heavy atom. The molecule has 1 spiro atoms. The first-order chi connectivity index (χ1) is 17.5. The van der Waals surface area contributed by atoms with E-state index in [1.54, 1.807) is 11.8 Å². The standard InChI is InChI=1S/C30H44O6S/c1-6-37-23-13-24(32)29(5)21-9-10-28(4)19(16(3)22-11-15(2)18(14-31)27(34)35-22)7-8-20(28)17(21)12-25-30(29,36-25)26(23)33/h16-17,19-23,25-26,31,33H,6-14H2,1-5H3/t16-,17?,19?,20?,21?,22?,23-,25+,26-,28+,29-,30-/m0/s1. The molecule has 2 N–H and O–H groups in total. The molecule has 0 radical (unpaired) electrons. The van der Waals surface area contributed by atoms with Gasteiger partial charge in [-0.3, -0.25) is 4.79 Å². The number of hydrogen-bond acceptors (Lipinski definition) is 7. The van der Waals surface area contributed by atoms with Crippen LogP contribution in [-0.2, 0) is 19.1 Å².